The molecule has 19 heavy (non-hydrogen) atoms. The van der Waals surface area contributed by atoms with E-state index in [1.54, 1.807) is 12.1 Å². The van der Waals surface area contributed by atoms with Crippen molar-refractivity contribution in [3.8, 4) is 10.4 Å². The summed E-state index contributed by atoms with van der Waals surface area (Å²) in [4.78, 5) is 23.2. The second kappa shape index (κ2) is 5.59. The van der Waals surface area contributed by atoms with Gasteiger partial charge in [-0.2, -0.15) is 0 Å². The smallest absolute Gasteiger partial charge is 0.307 e. The average Bonchev–Trinajstić information content (AvgIpc) is 2.63. The van der Waals surface area contributed by atoms with Gasteiger partial charge in [-0.15, -0.1) is 0 Å². The highest BCUT2D eigenvalue weighted by Gasteiger charge is 2.13. The van der Waals surface area contributed by atoms with Crippen LogP contribution >= 0.6 is 22.9 Å². The van der Waals surface area contributed by atoms with Gasteiger partial charge in [0.1, 0.15) is 0 Å². The molecule has 1 N–H and O–H groups in total. The van der Waals surface area contributed by atoms with E-state index in [1.165, 1.54) is 4.57 Å². The summed E-state index contributed by atoms with van der Waals surface area (Å²) in [6.45, 7) is 2.02. The number of aliphatic carboxylic acids is 1. The first-order valence-electron chi connectivity index (χ1n) is 5.67. The molecule has 0 bridgehead atoms. The maximum absolute atomic E-state index is 11.9. The molecule has 0 fully saturated rings. The fourth-order valence-corrected chi connectivity index (χ4v) is 2.96. The molecule has 0 amide bonds. The zero-order valence-electron chi connectivity index (χ0n) is 10.2. The summed E-state index contributed by atoms with van der Waals surface area (Å²) in [5.41, 5.74) is 1.71. The van der Waals surface area contributed by atoms with Crippen LogP contribution in [0.4, 0.5) is 0 Å². The Morgan fingerprint density at radius 3 is 2.58 bits per heavy atom. The molecule has 1 aromatic heterocycles. The summed E-state index contributed by atoms with van der Waals surface area (Å²) in [5, 5.41) is 9.32. The van der Waals surface area contributed by atoms with Crippen molar-refractivity contribution in [2.45, 2.75) is 19.9 Å². The lowest BCUT2D eigenvalue weighted by atomic mass is 10.1. The highest BCUT2D eigenvalue weighted by molar-refractivity contribution is 7.13. The Morgan fingerprint density at radius 1 is 1.37 bits per heavy atom. The molecule has 0 radical (unpaired) electrons. The molecule has 2 rings (SSSR count). The normalized spacial score (nSPS) is 10.6. The lowest BCUT2D eigenvalue weighted by Crippen LogP contribution is -2.16. The Balaban J connectivity index is 2.38. The summed E-state index contributed by atoms with van der Waals surface area (Å²) >= 11 is 6.95. The monoisotopic (exact) mass is 297 g/mol. The first-order chi connectivity index (χ1) is 8.99. The van der Waals surface area contributed by atoms with Crippen LogP contribution in [0.5, 0.6) is 0 Å². The Labute approximate surface area is 118 Å². The number of carboxylic acids is 1. The van der Waals surface area contributed by atoms with Crippen LogP contribution in [0.1, 0.15) is 12.1 Å². The van der Waals surface area contributed by atoms with Gasteiger partial charge in [0, 0.05) is 17.3 Å². The van der Waals surface area contributed by atoms with Crippen molar-refractivity contribution in [1.29, 1.82) is 0 Å². The maximum atomic E-state index is 11.9. The Morgan fingerprint density at radius 2 is 2.00 bits per heavy atom. The molecule has 1 aromatic carbocycles. The van der Waals surface area contributed by atoms with Crippen molar-refractivity contribution < 1.29 is 9.90 Å². The van der Waals surface area contributed by atoms with Gasteiger partial charge < -0.3 is 9.67 Å². The summed E-state index contributed by atoms with van der Waals surface area (Å²) in [7, 11) is 0. The van der Waals surface area contributed by atoms with Crippen LogP contribution in [0.25, 0.3) is 10.4 Å². The number of thiazole rings is 1. The van der Waals surface area contributed by atoms with E-state index in [2.05, 4.69) is 0 Å². The molecular weight excluding hydrogens is 286 g/mol. The van der Waals surface area contributed by atoms with Gasteiger partial charge in [0.05, 0.1) is 11.3 Å². The summed E-state index contributed by atoms with van der Waals surface area (Å²) < 4.78 is 1.50. The lowest BCUT2D eigenvalue weighted by Gasteiger charge is -2.04. The first kappa shape index (κ1) is 13.8. The van der Waals surface area contributed by atoms with E-state index in [0.717, 1.165) is 27.5 Å². The van der Waals surface area contributed by atoms with Gasteiger partial charge in [0.15, 0.2) is 0 Å². The molecule has 0 spiro atoms. The minimum absolute atomic E-state index is 0.0580. The number of hydrogen-bond donors (Lipinski definition) is 1. The number of aromatic nitrogens is 1. The van der Waals surface area contributed by atoms with Gasteiger partial charge in [0.2, 0.25) is 0 Å². The molecule has 0 aliphatic heterocycles. The van der Waals surface area contributed by atoms with Crippen LogP contribution in [-0.4, -0.2) is 15.6 Å². The Kier molecular flexibility index (Phi) is 4.07. The highest BCUT2D eigenvalue weighted by atomic mass is 35.5. The Bertz CT molecular complexity index is 658. The van der Waals surface area contributed by atoms with Crippen molar-refractivity contribution in [3.05, 3.63) is 44.6 Å². The van der Waals surface area contributed by atoms with Gasteiger partial charge >= 0.3 is 10.8 Å². The third-order valence-corrected chi connectivity index (χ3v) is 4.18. The molecule has 100 valence electrons. The average molecular weight is 298 g/mol. The zero-order chi connectivity index (χ0) is 14.0. The molecule has 0 saturated carbocycles. The van der Waals surface area contributed by atoms with Gasteiger partial charge in [-0.25, -0.2) is 0 Å². The van der Waals surface area contributed by atoms with Gasteiger partial charge in [-0.3, -0.25) is 9.59 Å². The topological polar surface area (TPSA) is 59.3 Å². The van der Waals surface area contributed by atoms with Crippen LogP contribution in [0.3, 0.4) is 0 Å². The second-order valence-corrected chi connectivity index (χ2v) is 5.48. The molecule has 1 heterocycles. The number of hydrogen-bond acceptors (Lipinski definition) is 3. The Hall–Kier alpha value is -1.59. The third-order valence-electron chi connectivity index (χ3n) is 2.80. The number of carboxylic acid groups (broad SMARTS) is 1. The molecule has 0 unspecified atom stereocenters. The minimum Gasteiger partial charge on any atom is -0.481 e. The van der Waals surface area contributed by atoms with Crippen molar-refractivity contribution in [3.63, 3.8) is 0 Å². The number of nitrogens with zero attached hydrogens (tertiary/aromatic N) is 1. The van der Waals surface area contributed by atoms with E-state index in [0.29, 0.717) is 5.02 Å². The third kappa shape index (κ3) is 3.05. The first-order valence-corrected chi connectivity index (χ1v) is 6.86. The number of halogens is 1. The lowest BCUT2D eigenvalue weighted by molar-refractivity contribution is -0.137. The fraction of sp³-hybridized carbons (Fsp3) is 0.231. The van der Waals surface area contributed by atoms with E-state index in [9.17, 15) is 9.59 Å². The van der Waals surface area contributed by atoms with Crippen LogP contribution < -0.4 is 4.87 Å². The van der Waals surface area contributed by atoms with Crippen molar-refractivity contribution in [1.82, 2.24) is 4.57 Å². The highest BCUT2D eigenvalue weighted by Crippen LogP contribution is 2.27. The van der Waals surface area contributed by atoms with Crippen molar-refractivity contribution >= 4 is 28.9 Å². The van der Waals surface area contributed by atoms with Gasteiger partial charge in [-0.1, -0.05) is 35.1 Å². The SMILES string of the molecule is Cc1c(-c2ccc(Cl)cc2)sc(=O)n1CCC(=O)O. The molecule has 2 aromatic rings. The molecule has 0 atom stereocenters. The van der Waals surface area contributed by atoms with E-state index < -0.39 is 5.97 Å². The number of rotatable bonds is 4. The molecule has 0 saturated heterocycles. The van der Waals surface area contributed by atoms with Crippen LogP contribution in [0.2, 0.25) is 5.02 Å². The largest absolute Gasteiger partial charge is 0.481 e. The van der Waals surface area contributed by atoms with Crippen LogP contribution in [0, 0.1) is 6.92 Å². The zero-order valence-corrected chi connectivity index (χ0v) is 11.8. The molecule has 4 nitrogen and oxygen atoms in total. The second-order valence-electron chi connectivity index (χ2n) is 4.08. The fourth-order valence-electron chi connectivity index (χ4n) is 1.81. The van der Waals surface area contributed by atoms with Crippen LogP contribution in [0.15, 0.2) is 29.1 Å². The predicted octanol–water partition coefficient (Wildman–Crippen LogP) is 3.01. The molecule has 6 heteroatoms. The summed E-state index contributed by atoms with van der Waals surface area (Å²) in [5.74, 6) is -0.912. The van der Waals surface area contributed by atoms with E-state index in [1.807, 2.05) is 19.1 Å². The van der Waals surface area contributed by atoms with Gasteiger partial charge in [0.25, 0.3) is 0 Å². The molecular formula is C13H12ClNO3S. The summed E-state index contributed by atoms with van der Waals surface area (Å²) in [6.07, 6.45) is -0.0580. The van der Waals surface area contributed by atoms with Crippen LogP contribution in [-0.2, 0) is 11.3 Å². The number of benzene rings is 1. The summed E-state index contributed by atoms with van der Waals surface area (Å²) in [6, 6.07) is 7.23. The quantitative estimate of drug-likeness (QED) is 0.943. The standard InChI is InChI=1S/C13H12ClNO3S/c1-8-12(9-2-4-10(14)5-3-9)19-13(18)15(8)7-6-11(16)17/h2-5H,6-7H2,1H3,(H,16,17). The molecule has 0 aliphatic carbocycles. The minimum atomic E-state index is -0.912. The van der Waals surface area contributed by atoms with E-state index in [-0.39, 0.29) is 17.8 Å². The van der Waals surface area contributed by atoms with Gasteiger partial charge in [-0.05, 0) is 24.6 Å². The van der Waals surface area contributed by atoms with E-state index >= 15 is 0 Å². The van der Waals surface area contributed by atoms with Crippen molar-refractivity contribution in [2.75, 3.05) is 0 Å². The van der Waals surface area contributed by atoms with Crippen molar-refractivity contribution in [2.24, 2.45) is 0 Å². The predicted molar refractivity (Wildman–Crippen MR) is 76.0 cm³/mol. The maximum Gasteiger partial charge on any atom is 0.307 e. The number of carbonyl (C=O) groups is 1. The van der Waals surface area contributed by atoms with E-state index in [4.69, 9.17) is 16.7 Å². The molecule has 0 aliphatic rings.